The molecule has 0 aromatic heterocycles. The van der Waals surface area contributed by atoms with Crippen molar-refractivity contribution in [3.8, 4) is 0 Å². The van der Waals surface area contributed by atoms with Crippen LogP contribution in [0.1, 0.15) is 41.4 Å². The number of carbonyl (C=O) groups excluding carboxylic acids is 4. The first-order valence-electron chi connectivity index (χ1n) is 11.9. The highest BCUT2D eigenvalue weighted by molar-refractivity contribution is 7.99. The lowest BCUT2D eigenvalue weighted by Gasteiger charge is -2.15. The molecule has 12 nitrogen and oxygen atoms in total. The van der Waals surface area contributed by atoms with Gasteiger partial charge in [-0.1, -0.05) is 23.9 Å². The third-order valence-corrected chi connectivity index (χ3v) is 7.62. The van der Waals surface area contributed by atoms with Gasteiger partial charge < -0.3 is 0 Å². The van der Waals surface area contributed by atoms with Gasteiger partial charge >= 0.3 is 0 Å². The van der Waals surface area contributed by atoms with Gasteiger partial charge in [0.25, 0.3) is 35.0 Å². The lowest BCUT2D eigenvalue weighted by molar-refractivity contribution is -0.385. The van der Waals surface area contributed by atoms with Crippen LogP contribution in [0.4, 0.5) is 22.7 Å². The maximum atomic E-state index is 12.9. The van der Waals surface area contributed by atoms with Crippen molar-refractivity contribution >= 4 is 58.1 Å². The molecule has 0 saturated carbocycles. The first-order chi connectivity index (χ1) is 19.7. The number of hydrogen-bond acceptors (Lipinski definition) is 9. The number of nitrogens with zero attached hydrogens (tertiary/aromatic N) is 4. The van der Waals surface area contributed by atoms with Crippen LogP contribution in [0, 0.1) is 20.2 Å². The molecular weight excluding hydrogens is 552 g/mol. The number of anilines is 2. The van der Waals surface area contributed by atoms with Crippen molar-refractivity contribution < 1.29 is 29.0 Å². The molecule has 0 unspecified atom stereocenters. The van der Waals surface area contributed by atoms with Crippen molar-refractivity contribution in [2.24, 2.45) is 0 Å². The van der Waals surface area contributed by atoms with Crippen LogP contribution in [0.3, 0.4) is 0 Å². The van der Waals surface area contributed by atoms with E-state index < -0.39 is 44.9 Å². The van der Waals surface area contributed by atoms with Gasteiger partial charge in [0, 0.05) is 21.9 Å². The third-order valence-electron chi connectivity index (χ3n) is 6.60. The Bertz CT molecular complexity index is 1720. The number of imide groups is 2. The van der Waals surface area contributed by atoms with Crippen LogP contribution in [0.25, 0.3) is 0 Å². The fraction of sp³-hybridized carbons (Fsp3) is 0. The lowest BCUT2D eigenvalue weighted by Crippen LogP contribution is -2.29. The number of nitro groups is 2. The van der Waals surface area contributed by atoms with Crippen molar-refractivity contribution in [2.75, 3.05) is 9.80 Å². The summed E-state index contributed by atoms with van der Waals surface area (Å²) in [5.74, 6) is -2.84. The molecule has 4 aromatic carbocycles. The standard InChI is InChI=1S/C28H14N4O8S/c33-25-19-3-1-5-21(31(37)38)23(19)27(35)29(25)15-7-11-17(12-8-15)41-18-13-9-16(10-14-18)30-26(34)20-4-2-6-22(32(39)40)24(20)28(30)36/h1-14H. The molecule has 4 aromatic rings. The molecule has 0 fully saturated rings. The van der Waals surface area contributed by atoms with E-state index in [1.165, 1.54) is 48.2 Å². The Labute approximate surface area is 234 Å². The number of carbonyl (C=O) groups is 4. The smallest absolute Gasteiger partial charge is 0.268 e. The summed E-state index contributed by atoms with van der Waals surface area (Å²) in [6, 6.07) is 20.7. The van der Waals surface area contributed by atoms with E-state index in [2.05, 4.69) is 0 Å². The predicted octanol–water partition coefficient (Wildman–Crippen LogP) is 5.26. The molecule has 0 N–H and O–H groups in total. The number of rotatable bonds is 6. The normalized spacial score (nSPS) is 14.0. The molecular formula is C28H14N4O8S. The van der Waals surface area contributed by atoms with Gasteiger partial charge in [-0.15, -0.1) is 0 Å². The summed E-state index contributed by atoms with van der Waals surface area (Å²) in [6.07, 6.45) is 0. The predicted molar refractivity (Wildman–Crippen MR) is 145 cm³/mol. The van der Waals surface area contributed by atoms with E-state index in [1.54, 1.807) is 48.5 Å². The highest BCUT2D eigenvalue weighted by atomic mass is 32.2. The van der Waals surface area contributed by atoms with Crippen LogP contribution in [-0.4, -0.2) is 33.5 Å². The number of fused-ring (bicyclic) bond motifs is 2. The van der Waals surface area contributed by atoms with Crippen molar-refractivity contribution in [3.63, 3.8) is 0 Å². The van der Waals surface area contributed by atoms with Crippen molar-refractivity contribution in [3.05, 3.63) is 127 Å². The van der Waals surface area contributed by atoms with Crippen LogP contribution in [-0.2, 0) is 0 Å². The van der Waals surface area contributed by atoms with E-state index >= 15 is 0 Å². The molecule has 13 heteroatoms. The zero-order valence-corrected chi connectivity index (χ0v) is 21.4. The monoisotopic (exact) mass is 566 g/mol. The first-order valence-corrected chi connectivity index (χ1v) is 12.7. The van der Waals surface area contributed by atoms with E-state index in [4.69, 9.17) is 0 Å². The lowest BCUT2D eigenvalue weighted by atomic mass is 10.1. The summed E-state index contributed by atoms with van der Waals surface area (Å²) in [7, 11) is 0. The van der Waals surface area contributed by atoms with E-state index in [1.807, 2.05) is 0 Å². The van der Waals surface area contributed by atoms with Gasteiger partial charge in [0.2, 0.25) is 0 Å². The number of nitro benzene ring substituents is 2. The molecule has 0 aliphatic carbocycles. The zero-order chi connectivity index (χ0) is 29.0. The summed E-state index contributed by atoms with van der Waals surface area (Å²) in [4.78, 5) is 76.2. The minimum atomic E-state index is -0.771. The van der Waals surface area contributed by atoms with Crippen molar-refractivity contribution in [1.82, 2.24) is 0 Å². The zero-order valence-electron chi connectivity index (χ0n) is 20.5. The van der Waals surface area contributed by atoms with Gasteiger partial charge in [-0.25, -0.2) is 9.80 Å². The second kappa shape index (κ2) is 9.50. The highest BCUT2D eigenvalue weighted by Gasteiger charge is 2.43. The van der Waals surface area contributed by atoms with Crippen molar-refractivity contribution in [1.29, 1.82) is 0 Å². The number of amides is 4. The quantitative estimate of drug-likeness (QED) is 0.172. The number of hydrogen-bond donors (Lipinski definition) is 0. The van der Waals surface area contributed by atoms with Crippen molar-refractivity contribution in [2.45, 2.75) is 9.79 Å². The molecule has 0 bridgehead atoms. The molecule has 2 aliphatic heterocycles. The summed E-state index contributed by atoms with van der Waals surface area (Å²) >= 11 is 1.33. The second-order valence-electron chi connectivity index (χ2n) is 8.89. The molecule has 4 amide bonds. The Morgan fingerprint density at radius 1 is 0.512 bits per heavy atom. The summed E-state index contributed by atoms with van der Waals surface area (Å²) in [5.41, 5.74) is -0.903. The topological polar surface area (TPSA) is 161 Å². The van der Waals surface area contributed by atoms with E-state index in [-0.39, 0.29) is 33.6 Å². The molecule has 0 spiro atoms. The molecule has 2 aliphatic rings. The van der Waals surface area contributed by atoms with Gasteiger partial charge in [-0.05, 0) is 60.7 Å². The van der Waals surface area contributed by atoms with Gasteiger partial charge in [0.05, 0.1) is 32.3 Å². The molecule has 41 heavy (non-hydrogen) atoms. The Hall–Kier alpha value is -5.69. The highest BCUT2D eigenvalue weighted by Crippen LogP contribution is 2.37. The molecule has 0 saturated heterocycles. The largest absolute Gasteiger partial charge is 0.283 e. The van der Waals surface area contributed by atoms with Gasteiger partial charge in [-0.3, -0.25) is 39.4 Å². The Balaban J connectivity index is 1.19. The molecule has 0 radical (unpaired) electrons. The summed E-state index contributed by atoms with van der Waals surface area (Å²) < 4.78 is 0. The third kappa shape index (κ3) is 4.03. The molecule has 2 heterocycles. The Morgan fingerprint density at radius 2 is 0.878 bits per heavy atom. The van der Waals surface area contributed by atoms with Gasteiger partial charge in [0.1, 0.15) is 11.1 Å². The average Bonchev–Trinajstić information content (AvgIpc) is 3.38. The number of benzene rings is 4. The maximum Gasteiger partial charge on any atom is 0.283 e. The minimum Gasteiger partial charge on any atom is -0.268 e. The molecule has 0 atom stereocenters. The van der Waals surface area contributed by atoms with Crippen LogP contribution in [0.5, 0.6) is 0 Å². The van der Waals surface area contributed by atoms with Gasteiger partial charge in [-0.2, -0.15) is 0 Å². The van der Waals surface area contributed by atoms with Gasteiger partial charge in [0.15, 0.2) is 0 Å². The summed E-state index contributed by atoms with van der Waals surface area (Å²) in [6.45, 7) is 0. The van der Waals surface area contributed by atoms with Crippen LogP contribution >= 0.6 is 11.8 Å². The van der Waals surface area contributed by atoms with E-state index in [0.29, 0.717) is 0 Å². The Kier molecular flexibility index (Phi) is 5.93. The molecule has 6 rings (SSSR count). The van der Waals surface area contributed by atoms with E-state index in [0.717, 1.165) is 19.6 Å². The van der Waals surface area contributed by atoms with Crippen LogP contribution in [0.15, 0.2) is 94.7 Å². The molecule has 200 valence electrons. The first kappa shape index (κ1) is 25.6. The van der Waals surface area contributed by atoms with Crippen LogP contribution in [0.2, 0.25) is 0 Å². The summed E-state index contributed by atoms with van der Waals surface area (Å²) in [5, 5.41) is 22.7. The Morgan fingerprint density at radius 3 is 1.22 bits per heavy atom. The fourth-order valence-electron chi connectivity index (χ4n) is 4.77. The van der Waals surface area contributed by atoms with Crippen LogP contribution < -0.4 is 9.80 Å². The maximum absolute atomic E-state index is 12.9. The fourth-order valence-corrected chi connectivity index (χ4v) is 5.59. The second-order valence-corrected chi connectivity index (χ2v) is 10.0. The minimum absolute atomic E-state index is 0.0320. The average molecular weight is 567 g/mol. The van der Waals surface area contributed by atoms with E-state index in [9.17, 15) is 39.4 Å². The SMILES string of the molecule is O=C1c2cccc([N+](=O)[O-])c2C(=O)N1c1ccc(Sc2ccc(N3C(=O)c4cccc([N+](=O)[O-])c4C3=O)cc2)cc1.